The van der Waals surface area contributed by atoms with Crippen LogP contribution in [-0.2, 0) is 28.7 Å². The Bertz CT molecular complexity index is 1130. The summed E-state index contributed by atoms with van der Waals surface area (Å²) in [4.78, 5) is 78.6. The third kappa shape index (κ3) is 11.2. The zero-order valence-electron chi connectivity index (χ0n) is 27.1. The third-order valence-corrected chi connectivity index (χ3v) is 8.12. The van der Waals surface area contributed by atoms with Crippen molar-refractivity contribution in [2.45, 2.75) is 117 Å². The predicted molar refractivity (Wildman–Crippen MR) is 157 cm³/mol. The summed E-state index contributed by atoms with van der Waals surface area (Å²) in [6.45, 7) is 12.5. The highest BCUT2D eigenvalue weighted by Crippen LogP contribution is 2.32. The van der Waals surface area contributed by atoms with Crippen LogP contribution in [0.2, 0.25) is 0 Å². The summed E-state index contributed by atoms with van der Waals surface area (Å²) in [6, 6.07) is -6.05. The molecule has 0 aromatic rings. The Balaban J connectivity index is 2.27. The molecule has 1 heterocycles. The van der Waals surface area contributed by atoms with E-state index >= 15 is 0 Å². The molecular formula is C30H48F3N5O7. The molecule has 2 fully saturated rings. The van der Waals surface area contributed by atoms with Gasteiger partial charge in [0.25, 0.3) is 5.91 Å². The molecule has 5 atom stereocenters. The molecule has 1 saturated carbocycles. The fraction of sp³-hybridized carbons (Fsp3) is 0.800. The Morgan fingerprint density at radius 2 is 1.44 bits per heavy atom. The van der Waals surface area contributed by atoms with Crippen LogP contribution in [0.5, 0.6) is 0 Å². The highest BCUT2D eigenvalue weighted by molar-refractivity contribution is 6.37. The molecule has 1 saturated heterocycles. The molecule has 5 amide bonds. The van der Waals surface area contributed by atoms with Gasteiger partial charge in [0.2, 0.25) is 17.6 Å². The molecule has 15 heteroatoms. The molecule has 2 rings (SSSR count). The standard InChI is InChI=1S/C30H48F3N5O7/c1-8-17-12-14-38(19(17)24(41)35-18(20(39)23(34)40)11-13-30(31,32)33)25(42)21(28(2,3)4)36-27(44)37-22(29(5,6)7)26(43)45-15-16-9-10-16/h16-19,21-22H,8-15H2,1-7H3,(H2,34,40)(H,35,41)(H2,36,37,44)/t17-,18?,19-,21+,22?/m0/s1. The van der Waals surface area contributed by atoms with Gasteiger partial charge in [-0.3, -0.25) is 19.2 Å². The Morgan fingerprint density at radius 1 is 0.889 bits per heavy atom. The minimum atomic E-state index is -4.66. The van der Waals surface area contributed by atoms with Crippen LogP contribution < -0.4 is 21.7 Å². The summed E-state index contributed by atoms with van der Waals surface area (Å²) in [5, 5.41) is 7.51. The molecule has 0 spiro atoms. The lowest BCUT2D eigenvalue weighted by molar-refractivity contribution is -0.149. The van der Waals surface area contributed by atoms with Gasteiger partial charge in [-0.25, -0.2) is 9.59 Å². The number of nitrogens with two attached hydrogens (primary N) is 1. The van der Waals surface area contributed by atoms with E-state index in [-0.39, 0.29) is 13.2 Å². The Hall–Kier alpha value is -3.39. The maximum absolute atomic E-state index is 14.0. The number of hydrogen-bond acceptors (Lipinski definition) is 7. The van der Waals surface area contributed by atoms with E-state index in [0.717, 1.165) is 12.8 Å². The Morgan fingerprint density at radius 3 is 1.91 bits per heavy atom. The largest absolute Gasteiger partial charge is 0.464 e. The second kappa shape index (κ2) is 14.8. The zero-order valence-corrected chi connectivity index (χ0v) is 27.1. The molecule has 0 aromatic carbocycles. The summed E-state index contributed by atoms with van der Waals surface area (Å²) >= 11 is 0. The van der Waals surface area contributed by atoms with E-state index in [1.165, 1.54) is 4.90 Å². The number of primary amides is 1. The van der Waals surface area contributed by atoms with Crippen molar-refractivity contribution in [3.63, 3.8) is 0 Å². The van der Waals surface area contributed by atoms with Crippen LogP contribution in [0, 0.1) is 22.7 Å². The van der Waals surface area contributed by atoms with Gasteiger partial charge in [0.05, 0.1) is 12.6 Å². The fourth-order valence-electron chi connectivity index (χ4n) is 5.21. The van der Waals surface area contributed by atoms with E-state index in [1.54, 1.807) is 48.5 Å². The number of urea groups is 1. The average Bonchev–Trinajstić information content (AvgIpc) is 3.64. The van der Waals surface area contributed by atoms with Crippen LogP contribution in [0.25, 0.3) is 0 Å². The first kappa shape index (κ1) is 37.8. The molecule has 12 nitrogen and oxygen atoms in total. The third-order valence-electron chi connectivity index (χ3n) is 8.12. The zero-order chi connectivity index (χ0) is 34.5. The number of esters is 1. The summed E-state index contributed by atoms with van der Waals surface area (Å²) < 4.78 is 44.1. The van der Waals surface area contributed by atoms with E-state index in [2.05, 4.69) is 16.0 Å². The topological polar surface area (TPSA) is 177 Å². The van der Waals surface area contributed by atoms with E-state index in [1.807, 2.05) is 0 Å². The van der Waals surface area contributed by atoms with Crippen molar-refractivity contribution in [2.75, 3.05) is 13.2 Å². The number of halogens is 3. The maximum Gasteiger partial charge on any atom is 0.389 e. The number of carbonyl (C=O) groups is 6. The first-order chi connectivity index (χ1) is 20.6. The van der Waals surface area contributed by atoms with Gasteiger partial charge in [-0.2, -0.15) is 13.2 Å². The minimum absolute atomic E-state index is 0.0976. The number of nitrogens with zero attached hydrogens (tertiary/aromatic N) is 1. The van der Waals surface area contributed by atoms with E-state index in [0.29, 0.717) is 18.8 Å². The van der Waals surface area contributed by atoms with Crippen LogP contribution >= 0.6 is 0 Å². The molecular weight excluding hydrogens is 599 g/mol. The van der Waals surface area contributed by atoms with Gasteiger partial charge in [0.15, 0.2) is 0 Å². The van der Waals surface area contributed by atoms with Crippen molar-refractivity contribution in [3.8, 4) is 0 Å². The van der Waals surface area contributed by atoms with Gasteiger partial charge >= 0.3 is 18.2 Å². The average molecular weight is 648 g/mol. The normalized spacial score (nSPS) is 20.9. The molecule has 2 aliphatic rings. The van der Waals surface area contributed by atoms with Gasteiger partial charge in [-0.15, -0.1) is 0 Å². The van der Waals surface area contributed by atoms with Crippen molar-refractivity contribution >= 4 is 35.5 Å². The van der Waals surface area contributed by atoms with E-state index < -0.39 is 95.4 Å². The lowest BCUT2D eigenvalue weighted by Crippen LogP contribution is -2.62. The van der Waals surface area contributed by atoms with Crippen molar-refractivity contribution in [3.05, 3.63) is 0 Å². The van der Waals surface area contributed by atoms with Crippen LogP contribution in [0.15, 0.2) is 0 Å². The van der Waals surface area contributed by atoms with Crippen LogP contribution in [0.1, 0.15) is 87.0 Å². The molecule has 256 valence electrons. The second-order valence-corrected chi connectivity index (χ2v) is 14.2. The van der Waals surface area contributed by atoms with Gasteiger partial charge in [-0.1, -0.05) is 54.9 Å². The van der Waals surface area contributed by atoms with E-state index in [4.69, 9.17) is 10.5 Å². The monoisotopic (exact) mass is 647 g/mol. The maximum atomic E-state index is 14.0. The summed E-state index contributed by atoms with van der Waals surface area (Å²) in [5.74, 6) is -5.12. The molecule has 5 N–H and O–H groups in total. The highest BCUT2D eigenvalue weighted by Gasteiger charge is 2.47. The first-order valence-corrected chi connectivity index (χ1v) is 15.3. The second-order valence-electron chi connectivity index (χ2n) is 14.2. The fourth-order valence-corrected chi connectivity index (χ4v) is 5.21. The number of ketones is 1. The van der Waals surface area contributed by atoms with Crippen molar-refractivity contribution in [2.24, 2.45) is 28.4 Å². The van der Waals surface area contributed by atoms with Gasteiger partial charge in [0.1, 0.15) is 18.1 Å². The van der Waals surface area contributed by atoms with Gasteiger partial charge in [-0.05, 0) is 48.3 Å². The molecule has 45 heavy (non-hydrogen) atoms. The number of alkyl halides is 3. The summed E-state index contributed by atoms with van der Waals surface area (Å²) in [6.07, 6.45) is -4.27. The number of amides is 5. The number of carbonyl (C=O) groups excluding carboxylic acids is 6. The number of ether oxygens (including phenoxy) is 1. The number of likely N-dealkylation sites (tertiary alicyclic amines) is 1. The number of Topliss-reactive ketones (excluding diaryl/α,β-unsaturated/α-hetero) is 1. The number of hydrogen-bond donors (Lipinski definition) is 4. The van der Waals surface area contributed by atoms with E-state index in [9.17, 15) is 41.9 Å². The lowest BCUT2D eigenvalue weighted by atomic mass is 9.85. The number of rotatable bonds is 13. The van der Waals surface area contributed by atoms with Crippen molar-refractivity contribution in [1.82, 2.24) is 20.9 Å². The smallest absolute Gasteiger partial charge is 0.389 e. The van der Waals surface area contributed by atoms with Crippen LogP contribution in [0.4, 0.5) is 18.0 Å². The summed E-state index contributed by atoms with van der Waals surface area (Å²) in [7, 11) is 0. The van der Waals surface area contributed by atoms with Gasteiger partial charge < -0.3 is 31.3 Å². The first-order valence-electron chi connectivity index (χ1n) is 15.3. The van der Waals surface area contributed by atoms with Crippen molar-refractivity contribution in [1.29, 1.82) is 0 Å². The molecule has 0 aromatic heterocycles. The minimum Gasteiger partial charge on any atom is -0.464 e. The quantitative estimate of drug-likeness (QED) is 0.175. The predicted octanol–water partition coefficient (Wildman–Crippen LogP) is 2.58. The van der Waals surface area contributed by atoms with Crippen LogP contribution in [-0.4, -0.2) is 83.9 Å². The van der Waals surface area contributed by atoms with Crippen LogP contribution in [0.3, 0.4) is 0 Å². The Labute approximate surface area is 262 Å². The molecule has 1 aliphatic carbocycles. The molecule has 2 unspecified atom stereocenters. The van der Waals surface area contributed by atoms with Gasteiger partial charge in [0, 0.05) is 13.0 Å². The van der Waals surface area contributed by atoms with Crippen molar-refractivity contribution < 1.29 is 46.7 Å². The molecule has 0 bridgehead atoms. The Kier molecular flexibility index (Phi) is 12.4. The SMILES string of the molecule is CC[C@H]1CCN(C(=O)[C@@H](NC(=O)NC(C(=O)OCC2CC2)C(C)(C)C)C(C)(C)C)[C@@H]1C(=O)NC(CCC(F)(F)F)C(=O)C(N)=O. The highest BCUT2D eigenvalue weighted by atomic mass is 19.4. The molecule has 0 radical (unpaired) electrons. The lowest BCUT2D eigenvalue weighted by Gasteiger charge is -2.37. The number of nitrogens with one attached hydrogen (secondary N) is 3. The molecule has 1 aliphatic heterocycles. The summed E-state index contributed by atoms with van der Waals surface area (Å²) in [5.41, 5.74) is 3.41.